The number of anilines is 1. The zero-order valence-corrected chi connectivity index (χ0v) is 8.86. The summed E-state index contributed by atoms with van der Waals surface area (Å²) in [6.07, 6.45) is 9.44. The molecule has 0 spiro atoms. The van der Waals surface area contributed by atoms with Crippen molar-refractivity contribution in [2.75, 3.05) is 18.5 Å². The molecule has 1 aliphatic carbocycles. The van der Waals surface area contributed by atoms with E-state index in [4.69, 9.17) is 10.8 Å². The summed E-state index contributed by atoms with van der Waals surface area (Å²) in [6, 6.07) is 1.27. The number of hydrogen-bond donors (Lipinski definition) is 1. The summed E-state index contributed by atoms with van der Waals surface area (Å²) in [4.78, 5) is 6.14. The van der Waals surface area contributed by atoms with E-state index in [9.17, 15) is 0 Å². The summed E-state index contributed by atoms with van der Waals surface area (Å²) in [5.74, 6) is 2.55. The Bertz CT molecular complexity index is 362. The van der Waals surface area contributed by atoms with Gasteiger partial charge in [-0.05, 0) is 12.8 Å². The van der Waals surface area contributed by atoms with Crippen LogP contribution in [-0.4, -0.2) is 24.6 Å². The minimum Gasteiger partial charge on any atom is -0.432 e. The Morgan fingerprint density at radius 3 is 3.20 bits per heavy atom. The number of oxazole rings is 1. The number of terminal acetylenes is 1. The van der Waals surface area contributed by atoms with Crippen molar-refractivity contribution in [3.05, 3.63) is 12.0 Å². The molecular formula is C11H15N3O. The zero-order valence-electron chi connectivity index (χ0n) is 8.86. The summed E-state index contributed by atoms with van der Waals surface area (Å²) < 4.78 is 5.31. The normalized spacial score (nSPS) is 14.9. The fourth-order valence-corrected chi connectivity index (χ4v) is 1.29. The lowest BCUT2D eigenvalue weighted by atomic mass is 10.4. The first-order valence-corrected chi connectivity index (χ1v) is 5.12. The van der Waals surface area contributed by atoms with E-state index in [0.717, 1.165) is 12.2 Å². The minimum absolute atomic E-state index is 0.510. The molecule has 0 unspecified atom stereocenters. The van der Waals surface area contributed by atoms with E-state index in [1.165, 1.54) is 12.8 Å². The van der Waals surface area contributed by atoms with Crippen molar-refractivity contribution in [2.45, 2.75) is 25.4 Å². The molecule has 1 aliphatic rings. The smallest absolute Gasteiger partial charge is 0.297 e. The van der Waals surface area contributed by atoms with Gasteiger partial charge in [0.05, 0.1) is 12.2 Å². The van der Waals surface area contributed by atoms with Gasteiger partial charge < -0.3 is 14.6 Å². The molecule has 1 aromatic rings. The number of rotatable bonds is 5. The molecule has 1 saturated carbocycles. The number of nitrogens with one attached hydrogen (secondary N) is 1. The first kappa shape index (κ1) is 10.1. The van der Waals surface area contributed by atoms with Gasteiger partial charge >= 0.3 is 0 Å². The summed E-state index contributed by atoms with van der Waals surface area (Å²) in [7, 11) is 1.86. The standard InChI is InChI=1S/C11H15N3O/c1-3-6-14(2)11-13-10(8-15-11)7-12-9-4-5-9/h1,8-9,12H,4-7H2,2H3. The van der Waals surface area contributed by atoms with Gasteiger partial charge in [-0.2, -0.15) is 4.98 Å². The van der Waals surface area contributed by atoms with Crippen LogP contribution in [0.3, 0.4) is 0 Å². The van der Waals surface area contributed by atoms with Gasteiger partial charge in [0.25, 0.3) is 6.01 Å². The molecule has 80 valence electrons. The number of nitrogens with zero attached hydrogens (tertiary/aromatic N) is 2. The minimum atomic E-state index is 0.510. The van der Waals surface area contributed by atoms with E-state index in [1.54, 1.807) is 11.2 Å². The maximum absolute atomic E-state index is 5.31. The topological polar surface area (TPSA) is 41.3 Å². The lowest BCUT2D eigenvalue weighted by Gasteiger charge is -2.08. The van der Waals surface area contributed by atoms with Crippen molar-refractivity contribution in [3.63, 3.8) is 0 Å². The third kappa shape index (κ3) is 2.74. The Morgan fingerprint density at radius 2 is 2.53 bits per heavy atom. The molecule has 1 fully saturated rings. The van der Waals surface area contributed by atoms with Crippen LogP contribution in [0.4, 0.5) is 6.01 Å². The van der Waals surface area contributed by atoms with Crippen LogP contribution in [0, 0.1) is 12.3 Å². The summed E-state index contributed by atoms with van der Waals surface area (Å²) in [5.41, 5.74) is 0.931. The molecule has 1 heterocycles. The van der Waals surface area contributed by atoms with Crippen molar-refractivity contribution >= 4 is 6.01 Å². The van der Waals surface area contributed by atoms with E-state index >= 15 is 0 Å². The second-order valence-corrected chi connectivity index (χ2v) is 3.84. The number of hydrogen-bond acceptors (Lipinski definition) is 4. The predicted molar refractivity (Wildman–Crippen MR) is 58.5 cm³/mol. The maximum atomic E-state index is 5.31. The van der Waals surface area contributed by atoms with Crippen LogP contribution in [0.25, 0.3) is 0 Å². The van der Waals surface area contributed by atoms with Gasteiger partial charge in [0, 0.05) is 19.6 Å². The molecule has 15 heavy (non-hydrogen) atoms. The molecule has 0 amide bonds. The largest absolute Gasteiger partial charge is 0.432 e. The SMILES string of the molecule is C#CCN(C)c1nc(CNC2CC2)co1. The highest BCUT2D eigenvalue weighted by atomic mass is 16.4. The molecule has 4 heteroatoms. The first-order valence-electron chi connectivity index (χ1n) is 5.12. The molecule has 0 atom stereocenters. The van der Waals surface area contributed by atoms with Crippen molar-refractivity contribution < 1.29 is 4.42 Å². The molecular weight excluding hydrogens is 190 g/mol. The Balaban J connectivity index is 1.87. The molecule has 2 rings (SSSR count). The van der Waals surface area contributed by atoms with Gasteiger partial charge in [0.1, 0.15) is 6.26 Å². The Hall–Kier alpha value is -1.47. The zero-order chi connectivity index (χ0) is 10.7. The second kappa shape index (κ2) is 4.37. The summed E-state index contributed by atoms with van der Waals surface area (Å²) in [5, 5.41) is 3.38. The fourth-order valence-electron chi connectivity index (χ4n) is 1.29. The van der Waals surface area contributed by atoms with Crippen molar-refractivity contribution in [2.24, 2.45) is 0 Å². The quantitative estimate of drug-likeness (QED) is 0.728. The van der Waals surface area contributed by atoms with Crippen LogP contribution in [0.1, 0.15) is 18.5 Å². The van der Waals surface area contributed by atoms with Gasteiger partial charge in [0.15, 0.2) is 0 Å². The van der Waals surface area contributed by atoms with Crippen molar-refractivity contribution in [1.82, 2.24) is 10.3 Å². The molecule has 1 aromatic heterocycles. The highest BCUT2D eigenvalue weighted by Crippen LogP contribution is 2.19. The maximum Gasteiger partial charge on any atom is 0.297 e. The van der Waals surface area contributed by atoms with Gasteiger partial charge in [-0.25, -0.2) is 0 Å². The van der Waals surface area contributed by atoms with Gasteiger partial charge in [-0.1, -0.05) is 5.92 Å². The molecule has 0 bridgehead atoms. The van der Waals surface area contributed by atoms with Crippen LogP contribution in [0.5, 0.6) is 0 Å². The van der Waals surface area contributed by atoms with Crippen LogP contribution >= 0.6 is 0 Å². The molecule has 0 saturated heterocycles. The van der Waals surface area contributed by atoms with Crippen LogP contribution in [0.15, 0.2) is 10.7 Å². The lowest BCUT2D eigenvalue weighted by Crippen LogP contribution is -2.18. The third-order valence-corrected chi connectivity index (χ3v) is 2.34. The highest BCUT2D eigenvalue weighted by molar-refractivity contribution is 5.27. The van der Waals surface area contributed by atoms with Crippen molar-refractivity contribution in [1.29, 1.82) is 0 Å². The summed E-state index contributed by atoms with van der Waals surface area (Å²) >= 11 is 0. The summed E-state index contributed by atoms with van der Waals surface area (Å²) in [6.45, 7) is 1.29. The average molecular weight is 205 g/mol. The van der Waals surface area contributed by atoms with Crippen LogP contribution in [-0.2, 0) is 6.54 Å². The highest BCUT2D eigenvalue weighted by Gasteiger charge is 2.20. The van der Waals surface area contributed by atoms with Crippen LogP contribution in [0.2, 0.25) is 0 Å². The molecule has 0 aliphatic heterocycles. The predicted octanol–water partition coefficient (Wildman–Crippen LogP) is 0.996. The molecule has 4 nitrogen and oxygen atoms in total. The Kier molecular flexibility index (Phi) is 2.93. The van der Waals surface area contributed by atoms with Gasteiger partial charge in [-0.3, -0.25) is 0 Å². The molecule has 1 N–H and O–H groups in total. The Labute approximate surface area is 89.7 Å². The van der Waals surface area contributed by atoms with E-state index in [1.807, 2.05) is 7.05 Å². The van der Waals surface area contributed by atoms with E-state index in [2.05, 4.69) is 16.2 Å². The lowest BCUT2D eigenvalue weighted by molar-refractivity contribution is 0.549. The van der Waals surface area contributed by atoms with Crippen LogP contribution < -0.4 is 10.2 Å². The van der Waals surface area contributed by atoms with Gasteiger partial charge in [-0.15, -0.1) is 6.42 Å². The fraction of sp³-hybridized carbons (Fsp3) is 0.545. The monoisotopic (exact) mass is 205 g/mol. The number of aromatic nitrogens is 1. The third-order valence-electron chi connectivity index (χ3n) is 2.34. The van der Waals surface area contributed by atoms with E-state index in [-0.39, 0.29) is 0 Å². The van der Waals surface area contributed by atoms with Crippen molar-refractivity contribution in [3.8, 4) is 12.3 Å². The second-order valence-electron chi connectivity index (χ2n) is 3.84. The molecule has 0 radical (unpaired) electrons. The average Bonchev–Trinajstić information content (AvgIpc) is 2.93. The molecule has 0 aromatic carbocycles. The van der Waals surface area contributed by atoms with Gasteiger partial charge in [0.2, 0.25) is 0 Å². The van der Waals surface area contributed by atoms with E-state index in [0.29, 0.717) is 18.6 Å². The van der Waals surface area contributed by atoms with E-state index < -0.39 is 0 Å². The Morgan fingerprint density at radius 1 is 1.73 bits per heavy atom. The first-order chi connectivity index (χ1) is 7.29.